The van der Waals surface area contributed by atoms with E-state index in [1.807, 2.05) is 32.0 Å². The maximum Gasteiger partial charge on any atom is 0.343 e. The van der Waals surface area contributed by atoms with Crippen molar-refractivity contribution in [1.29, 1.82) is 0 Å². The molecule has 1 N–H and O–H groups in total. The third-order valence-corrected chi connectivity index (χ3v) is 5.26. The second-order valence-electron chi connectivity index (χ2n) is 6.90. The van der Waals surface area contributed by atoms with Gasteiger partial charge in [0.15, 0.2) is 0 Å². The van der Waals surface area contributed by atoms with Gasteiger partial charge in [-0.05, 0) is 31.0 Å². The summed E-state index contributed by atoms with van der Waals surface area (Å²) >= 11 is 0. The van der Waals surface area contributed by atoms with Crippen molar-refractivity contribution in [2.45, 2.75) is 32.4 Å². The van der Waals surface area contributed by atoms with E-state index in [9.17, 15) is 18.8 Å². The zero-order valence-corrected chi connectivity index (χ0v) is 14.3. The van der Waals surface area contributed by atoms with E-state index in [0.29, 0.717) is 0 Å². The first-order valence-electron chi connectivity index (χ1n) is 8.30. The number of rotatable bonds is 3. The molecule has 2 saturated heterocycles. The third-order valence-electron chi connectivity index (χ3n) is 5.26. The first-order chi connectivity index (χ1) is 11.7. The Morgan fingerprint density at radius 1 is 1.32 bits per heavy atom. The van der Waals surface area contributed by atoms with Crippen molar-refractivity contribution >= 4 is 23.5 Å². The first-order valence-corrected chi connectivity index (χ1v) is 8.30. The fourth-order valence-electron chi connectivity index (χ4n) is 3.53. The number of hydrogen-bond donors (Lipinski definition) is 1. The minimum atomic E-state index is -2.38. The summed E-state index contributed by atoms with van der Waals surface area (Å²) in [6.45, 7) is 3.74. The van der Waals surface area contributed by atoms with Gasteiger partial charge in [0, 0.05) is 31.6 Å². The molecule has 2 aliphatic heterocycles. The Morgan fingerprint density at radius 3 is 2.68 bits per heavy atom. The second-order valence-corrected chi connectivity index (χ2v) is 6.90. The molecule has 2 atom stereocenters. The topological polar surface area (TPSA) is 77.9 Å². The summed E-state index contributed by atoms with van der Waals surface area (Å²) in [6.07, 6.45) is -0.148. The van der Waals surface area contributed by atoms with E-state index < -0.39 is 24.1 Å². The Bertz CT molecular complexity index is 751. The number of likely N-dealkylation sites (tertiary alicyclic amines) is 1. The van der Waals surface area contributed by atoms with E-state index in [1.54, 1.807) is 4.90 Å². The van der Waals surface area contributed by atoms with E-state index >= 15 is 0 Å². The summed E-state index contributed by atoms with van der Waals surface area (Å²) in [6, 6.07) is 5.67. The number of carboxylic acids is 1. The van der Waals surface area contributed by atoms with Crippen LogP contribution in [-0.4, -0.2) is 53.1 Å². The summed E-state index contributed by atoms with van der Waals surface area (Å²) in [5.41, 5.74) is 0.444. The van der Waals surface area contributed by atoms with E-state index in [4.69, 9.17) is 5.11 Å². The van der Waals surface area contributed by atoms with Crippen molar-refractivity contribution < 1.29 is 23.9 Å². The highest BCUT2D eigenvalue weighted by molar-refractivity contribution is 6.01. The Kier molecular flexibility index (Phi) is 4.26. The number of anilines is 1. The number of benzene rings is 1. The van der Waals surface area contributed by atoms with Gasteiger partial charge in [-0.15, -0.1) is 0 Å². The predicted octanol–water partition coefficient (Wildman–Crippen LogP) is 1.68. The minimum Gasteiger partial charge on any atom is -0.479 e. The molecule has 0 saturated carbocycles. The summed E-state index contributed by atoms with van der Waals surface area (Å²) in [4.78, 5) is 38.8. The Hall–Kier alpha value is -2.44. The van der Waals surface area contributed by atoms with Gasteiger partial charge in [0.25, 0.3) is 0 Å². The smallest absolute Gasteiger partial charge is 0.343 e. The monoisotopic (exact) mass is 348 g/mol. The van der Waals surface area contributed by atoms with Crippen molar-refractivity contribution in [3.05, 3.63) is 29.3 Å². The molecule has 6 nitrogen and oxygen atoms in total. The van der Waals surface area contributed by atoms with Crippen LogP contribution in [0.25, 0.3) is 0 Å². The van der Waals surface area contributed by atoms with E-state index in [1.165, 1.54) is 4.90 Å². The van der Waals surface area contributed by atoms with E-state index in [-0.39, 0.29) is 37.7 Å². The van der Waals surface area contributed by atoms with Gasteiger partial charge in [0.2, 0.25) is 17.5 Å². The number of amides is 2. The molecule has 0 spiro atoms. The number of carboxylic acid groups (broad SMARTS) is 1. The normalized spacial score (nSPS) is 26.4. The zero-order valence-electron chi connectivity index (χ0n) is 14.3. The molecular formula is C18H21FN2O4. The molecule has 2 unspecified atom stereocenters. The molecule has 0 radical (unpaired) electrons. The highest BCUT2D eigenvalue weighted by Crippen LogP contribution is 2.32. The van der Waals surface area contributed by atoms with Gasteiger partial charge in [-0.3, -0.25) is 9.59 Å². The van der Waals surface area contributed by atoms with Crippen LogP contribution >= 0.6 is 0 Å². The average Bonchev–Trinajstić information content (AvgIpc) is 3.14. The first kappa shape index (κ1) is 17.4. The summed E-state index contributed by atoms with van der Waals surface area (Å²) < 4.78 is 14.2. The maximum absolute atomic E-state index is 14.2. The molecule has 2 heterocycles. The van der Waals surface area contributed by atoms with Crippen LogP contribution in [0.2, 0.25) is 0 Å². The van der Waals surface area contributed by atoms with Crippen LogP contribution in [0.5, 0.6) is 0 Å². The van der Waals surface area contributed by atoms with Gasteiger partial charge in [0.1, 0.15) is 0 Å². The van der Waals surface area contributed by atoms with Crippen LogP contribution in [0.1, 0.15) is 24.0 Å². The maximum atomic E-state index is 14.2. The van der Waals surface area contributed by atoms with Crippen molar-refractivity contribution in [3.8, 4) is 0 Å². The van der Waals surface area contributed by atoms with Gasteiger partial charge in [0.05, 0.1) is 12.5 Å². The van der Waals surface area contributed by atoms with Crippen LogP contribution in [0.3, 0.4) is 0 Å². The molecule has 134 valence electrons. The van der Waals surface area contributed by atoms with Gasteiger partial charge < -0.3 is 14.9 Å². The van der Waals surface area contributed by atoms with Crippen molar-refractivity contribution in [2.24, 2.45) is 5.92 Å². The Balaban J connectivity index is 1.74. The lowest BCUT2D eigenvalue weighted by molar-refractivity contribution is -0.150. The number of carbonyl (C=O) groups is 3. The molecule has 2 aliphatic rings. The van der Waals surface area contributed by atoms with Gasteiger partial charge in [-0.1, -0.05) is 12.1 Å². The van der Waals surface area contributed by atoms with E-state index in [2.05, 4.69) is 0 Å². The number of alkyl halides is 1. The highest BCUT2D eigenvalue weighted by Gasteiger charge is 2.49. The summed E-state index contributed by atoms with van der Waals surface area (Å²) in [7, 11) is 0. The lowest BCUT2D eigenvalue weighted by atomic mass is 10.1. The lowest BCUT2D eigenvalue weighted by Crippen LogP contribution is -2.41. The van der Waals surface area contributed by atoms with Crippen LogP contribution in [0, 0.1) is 19.8 Å². The zero-order chi connectivity index (χ0) is 18.4. The molecule has 1 aromatic carbocycles. The fraction of sp³-hybridized carbons (Fsp3) is 0.500. The number of aliphatic carboxylic acids is 1. The second kappa shape index (κ2) is 6.13. The number of halogens is 1. The van der Waals surface area contributed by atoms with Crippen LogP contribution in [0.4, 0.5) is 10.1 Å². The summed E-state index contributed by atoms with van der Waals surface area (Å²) in [5, 5.41) is 8.95. The molecular weight excluding hydrogens is 327 g/mol. The average molecular weight is 348 g/mol. The van der Waals surface area contributed by atoms with Gasteiger partial charge >= 0.3 is 5.97 Å². The lowest BCUT2D eigenvalue weighted by Gasteiger charge is -2.22. The number of nitrogens with zero attached hydrogens (tertiary/aromatic N) is 2. The molecule has 0 aliphatic carbocycles. The highest BCUT2D eigenvalue weighted by atomic mass is 19.1. The molecule has 2 amide bonds. The van der Waals surface area contributed by atoms with Crippen LogP contribution in [-0.2, 0) is 14.4 Å². The molecule has 25 heavy (non-hydrogen) atoms. The Labute approximate surface area is 145 Å². The van der Waals surface area contributed by atoms with Crippen LogP contribution in [0.15, 0.2) is 18.2 Å². The number of aryl methyl sites for hydroxylation is 1. The minimum absolute atomic E-state index is 0.0646. The molecule has 2 fully saturated rings. The molecule has 7 heteroatoms. The third kappa shape index (κ3) is 2.99. The number of hydrogen-bond acceptors (Lipinski definition) is 3. The SMILES string of the molecule is Cc1cccc(N2CC(C(=O)N3CCC(F)(C(=O)O)C3)CC2=O)c1C. The van der Waals surface area contributed by atoms with Gasteiger partial charge in [-0.2, -0.15) is 0 Å². The van der Waals surface area contributed by atoms with E-state index in [0.717, 1.165) is 16.8 Å². The Morgan fingerprint density at radius 2 is 2.04 bits per heavy atom. The van der Waals surface area contributed by atoms with Crippen molar-refractivity contribution in [3.63, 3.8) is 0 Å². The molecule has 0 bridgehead atoms. The van der Waals surface area contributed by atoms with Crippen LogP contribution < -0.4 is 4.90 Å². The number of carbonyl (C=O) groups excluding carboxylic acids is 2. The van der Waals surface area contributed by atoms with Crippen molar-refractivity contribution in [2.75, 3.05) is 24.5 Å². The quantitative estimate of drug-likeness (QED) is 0.902. The molecule has 0 aromatic heterocycles. The molecule has 1 aromatic rings. The van der Waals surface area contributed by atoms with Gasteiger partial charge in [-0.25, -0.2) is 9.18 Å². The largest absolute Gasteiger partial charge is 0.479 e. The van der Waals surface area contributed by atoms with Crippen molar-refractivity contribution in [1.82, 2.24) is 4.90 Å². The fourth-order valence-corrected chi connectivity index (χ4v) is 3.53. The summed E-state index contributed by atoms with van der Waals surface area (Å²) in [5.74, 6) is -2.59. The standard InChI is InChI=1S/C18H21FN2O4/c1-11-4-3-5-14(12(11)2)21-9-13(8-15(21)22)16(23)20-7-6-18(19,10-20)17(24)25/h3-5,13H,6-10H2,1-2H3,(H,24,25). The molecule has 3 rings (SSSR count). The predicted molar refractivity (Wildman–Crippen MR) is 89.0 cm³/mol.